The molecule has 0 aliphatic heterocycles. The van der Waals surface area contributed by atoms with Gasteiger partial charge in [-0.25, -0.2) is 4.52 Å². The molecule has 100 valence electrons. The van der Waals surface area contributed by atoms with Crippen molar-refractivity contribution in [1.82, 2.24) is 14.9 Å². The van der Waals surface area contributed by atoms with Crippen LogP contribution in [-0.4, -0.2) is 32.6 Å². The summed E-state index contributed by atoms with van der Waals surface area (Å²) in [5.41, 5.74) is 6.62. The number of nitrogens with two attached hydrogens (primary N) is 1. The Balaban J connectivity index is 2.12. The van der Waals surface area contributed by atoms with E-state index in [2.05, 4.69) is 15.6 Å². The minimum absolute atomic E-state index is 0.0765. The van der Waals surface area contributed by atoms with Crippen LogP contribution in [0.15, 0.2) is 35.7 Å². The molecular formula is C12H15N5O2. The van der Waals surface area contributed by atoms with E-state index >= 15 is 0 Å². The molecule has 1 unspecified atom stereocenters. The first-order valence-electron chi connectivity index (χ1n) is 5.81. The number of rotatable bonds is 4. The molecule has 7 heteroatoms. The zero-order chi connectivity index (χ0) is 13.8. The quantitative estimate of drug-likeness (QED) is 0.324. The van der Waals surface area contributed by atoms with Gasteiger partial charge in [0.2, 0.25) is 0 Å². The lowest BCUT2D eigenvalue weighted by molar-refractivity contribution is 0.0942. The fourth-order valence-electron chi connectivity index (χ4n) is 1.82. The van der Waals surface area contributed by atoms with Gasteiger partial charge in [-0.3, -0.25) is 4.79 Å². The first-order chi connectivity index (χ1) is 9.11. The summed E-state index contributed by atoms with van der Waals surface area (Å²) < 4.78 is 1.63. The Morgan fingerprint density at radius 1 is 1.63 bits per heavy atom. The lowest BCUT2D eigenvalue weighted by atomic mass is 10.2. The van der Waals surface area contributed by atoms with E-state index in [1.165, 1.54) is 6.20 Å². The predicted molar refractivity (Wildman–Crippen MR) is 70.1 cm³/mol. The Morgan fingerprint density at radius 2 is 2.42 bits per heavy atom. The van der Waals surface area contributed by atoms with Crippen molar-refractivity contribution in [2.45, 2.75) is 19.4 Å². The second-order valence-corrected chi connectivity index (χ2v) is 4.26. The van der Waals surface area contributed by atoms with Gasteiger partial charge in [0.25, 0.3) is 5.91 Å². The Bertz CT molecular complexity index is 619. The lowest BCUT2D eigenvalue weighted by Crippen LogP contribution is -2.35. The fourth-order valence-corrected chi connectivity index (χ4v) is 1.82. The van der Waals surface area contributed by atoms with Gasteiger partial charge in [-0.05, 0) is 19.1 Å². The Morgan fingerprint density at radius 3 is 3.16 bits per heavy atom. The monoisotopic (exact) mass is 261 g/mol. The van der Waals surface area contributed by atoms with Crippen molar-refractivity contribution in [3.05, 3.63) is 36.2 Å². The maximum Gasteiger partial charge on any atom is 0.255 e. The normalized spacial score (nSPS) is 13.4. The number of aromatic nitrogens is 2. The van der Waals surface area contributed by atoms with Crippen molar-refractivity contribution in [3.63, 3.8) is 0 Å². The summed E-state index contributed by atoms with van der Waals surface area (Å²) in [6.07, 6.45) is 3.56. The Labute approximate surface area is 109 Å². The number of carbonyl (C=O) groups is 1. The molecule has 0 fully saturated rings. The average molecular weight is 261 g/mol. The van der Waals surface area contributed by atoms with Gasteiger partial charge in [-0.1, -0.05) is 11.2 Å². The van der Waals surface area contributed by atoms with E-state index in [0.717, 1.165) is 5.52 Å². The first-order valence-corrected chi connectivity index (χ1v) is 5.81. The van der Waals surface area contributed by atoms with Crippen molar-refractivity contribution in [1.29, 1.82) is 0 Å². The third-order valence-electron chi connectivity index (χ3n) is 2.69. The van der Waals surface area contributed by atoms with Gasteiger partial charge in [0, 0.05) is 18.7 Å². The average Bonchev–Trinajstić information content (AvgIpc) is 2.82. The molecule has 0 aliphatic carbocycles. The van der Waals surface area contributed by atoms with E-state index in [9.17, 15) is 4.79 Å². The number of nitrogens with zero attached hydrogens (tertiary/aromatic N) is 3. The van der Waals surface area contributed by atoms with Crippen molar-refractivity contribution in [2.24, 2.45) is 10.9 Å². The molecule has 0 spiro atoms. The molecule has 0 aliphatic rings. The lowest BCUT2D eigenvalue weighted by Gasteiger charge is -2.12. The third-order valence-corrected chi connectivity index (χ3v) is 2.69. The van der Waals surface area contributed by atoms with Crippen LogP contribution in [0.2, 0.25) is 0 Å². The molecular weight excluding hydrogens is 246 g/mol. The Hall–Kier alpha value is -2.57. The number of amidine groups is 1. The highest BCUT2D eigenvalue weighted by Gasteiger charge is 2.15. The SMILES string of the molecule is CC(C/C(N)=N/O)NC(=O)c1cnn2ccccc12. The summed E-state index contributed by atoms with van der Waals surface area (Å²) in [5.74, 6) is -0.160. The van der Waals surface area contributed by atoms with Crippen molar-refractivity contribution >= 4 is 17.3 Å². The zero-order valence-corrected chi connectivity index (χ0v) is 10.4. The zero-order valence-electron chi connectivity index (χ0n) is 10.4. The molecule has 2 rings (SSSR count). The smallest absolute Gasteiger partial charge is 0.255 e. The first kappa shape index (κ1) is 12.9. The highest BCUT2D eigenvalue weighted by atomic mass is 16.4. The van der Waals surface area contributed by atoms with Crippen LogP contribution < -0.4 is 11.1 Å². The van der Waals surface area contributed by atoms with E-state index < -0.39 is 0 Å². The summed E-state index contributed by atoms with van der Waals surface area (Å²) in [4.78, 5) is 12.1. The summed E-state index contributed by atoms with van der Waals surface area (Å²) in [5, 5.41) is 18.2. The number of fused-ring (bicyclic) bond motifs is 1. The van der Waals surface area contributed by atoms with Crippen LogP contribution >= 0.6 is 0 Å². The van der Waals surface area contributed by atoms with Gasteiger partial charge < -0.3 is 16.3 Å². The molecule has 1 amide bonds. The molecule has 0 radical (unpaired) electrons. The van der Waals surface area contributed by atoms with Gasteiger partial charge in [0.1, 0.15) is 5.84 Å². The molecule has 0 bridgehead atoms. The topological polar surface area (TPSA) is 105 Å². The minimum atomic E-state index is -0.237. The number of amides is 1. The van der Waals surface area contributed by atoms with Gasteiger partial charge >= 0.3 is 0 Å². The molecule has 0 saturated heterocycles. The van der Waals surface area contributed by atoms with E-state index in [1.807, 2.05) is 18.2 Å². The largest absolute Gasteiger partial charge is 0.409 e. The van der Waals surface area contributed by atoms with E-state index in [0.29, 0.717) is 5.56 Å². The summed E-state index contributed by atoms with van der Waals surface area (Å²) in [6, 6.07) is 5.26. The van der Waals surface area contributed by atoms with E-state index in [-0.39, 0.29) is 24.2 Å². The second kappa shape index (κ2) is 5.38. The molecule has 19 heavy (non-hydrogen) atoms. The molecule has 2 aromatic heterocycles. The number of nitrogens with one attached hydrogen (secondary N) is 1. The van der Waals surface area contributed by atoms with Gasteiger partial charge in [0.15, 0.2) is 0 Å². The minimum Gasteiger partial charge on any atom is -0.409 e. The summed E-state index contributed by atoms with van der Waals surface area (Å²) >= 11 is 0. The van der Waals surface area contributed by atoms with Crippen LogP contribution in [0.4, 0.5) is 0 Å². The second-order valence-electron chi connectivity index (χ2n) is 4.26. The Kier molecular flexibility index (Phi) is 3.65. The molecule has 4 N–H and O–H groups in total. The van der Waals surface area contributed by atoms with E-state index in [1.54, 1.807) is 17.6 Å². The van der Waals surface area contributed by atoms with Crippen molar-refractivity contribution in [3.8, 4) is 0 Å². The summed E-state index contributed by atoms with van der Waals surface area (Å²) in [6.45, 7) is 1.78. The van der Waals surface area contributed by atoms with Gasteiger partial charge in [-0.2, -0.15) is 5.10 Å². The van der Waals surface area contributed by atoms with Crippen LogP contribution in [0.25, 0.3) is 5.52 Å². The highest BCUT2D eigenvalue weighted by Crippen LogP contribution is 2.10. The van der Waals surface area contributed by atoms with Crippen LogP contribution in [0.3, 0.4) is 0 Å². The van der Waals surface area contributed by atoms with Crippen LogP contribution in [0.5, 0.6) is 0 Å². The number of oxime groups is 1. The maximum atomic E-state index is 12.1. The molecule has 2 heterocycles. The number of hydrogen-bond acceptors (Lipinski definition) is 4. The maximum absolute atomic E-state index is 12.1. The fraction of sp³-hybridized carbons (Fsp3) is 0.250. The molecule has 1 atom stereocenters. The van der Waals surface area contributed by atoms with E-state index in [4.69, 9.17) is 10.9 Å². The third kappa shape index (κ3) is 2.82. The van der Waals surface area contributed by atoms with Crippen LogP contribution in [0.1, 0.15) is 23.7 Å². The number of pyridine rings is 1. The number of carbonyl (C=O) groups excluding carboxylic acids is 1. The van der Waals surface area contributed by atoms with Gasteiger partial charge in [0.05, 0.1) is 17.3 Å². The predicted octanol–water partition coefficient (Wildman–Crippen LogP) is 0.589. The van der Waals surface area contributed by atoms with Crippen molar-refractivity contribution < 1.29 is 10.0 Å². The highest BCUT2D eigenvalue weighted by molar-refractivity contribution is 6.00. The van der Waals surface area contributed by atoms with Crippen molar-refractivity contribution in [2.75, 3.05) is 0 Å². The molecule has 0 aromatic carbocycles. The number of hydrogen-bond donors (Lipinski definition) is 3. The van der Waals surface area contributed by atoms with Gasteiger partial charge in [-0.15, -0.1) is 0 Å². The van der Waals surface area contributed by atoms with Crippen LogP contribution in [0, 0.1) is 0 Å². The summed E-state index contributed by atoms with van der Waals surface area (Å²) in [7, 11) is 0. The standard InChI is InChI=1S/C12H15N5O2/c1-8(6-11(13)16-19)15-12(18)9-7-14-17-5-3-2-4-10(9)17/h2-5,7-8,19H,6H2,1H3,(H2,13,16)(H,15,18). The molecule has 7 nitrogen and oxygen atoms in total. The molecule has 0 saturated carbocycles. The van der Waals surface area contributed by atoms with Crippen LogP contribution in [-0.2, 0) is 0 Å². The molecule has 2 aromatic rings.